The lowest BCUT2D eigenvalue weighted by atomic mass is 10.1. The molecule has 3 aromatic rings. The number of halogens is 3. The molecule has 2 aliphatic rings. The highest BCUT2D eigenvalue weighted by Crippen LogP contribution is 2.57. The number of hydrogen-bond donors (Lipinski definition) is 1. The van der Waals surface area contributed by atoms with Gasteiger partial charge in [0.15, 0.2) is 17.0 Å². The fourth-order valence-corrected chi connectivity index (χ4v) is 3.83. The first-order valence-corrected chi connectivity index (χ1v) is 8.66. The molecule has 0 radical (unpaired) electrons. The fraction of sp³-hybridized carbons (Fsp3) is 0.211. The Morgan fingerprint density at radius 2 is 1.96 bits per heavy atom. The van der Waals surface area contributed by atoms with Crippen LogP contribution in [0.25, 0.3) is 5.69 Å². The Morgan fingerprint density at radius 3 is 2.71 bits per heavy atom. The van der Waals surface area contributed by atoms with Gasteiger partial charge in [-0.05, 0) is 43.0 Å². The van der Waals surface area contributed by atoms with E-state index in [-0.39, 0.29) is 22.8 Å². The van der Waals surface area contributed by atoms with Crippen molar-refractivity contribution < 1.29 is 23.2 Å². The van der Waals surface area contributed by atoms with Crippen LogP contribution in [0.3, 0.4) is 0 Å². The number of benzene rings is 1. The number of fused-ring (bicyclic) bond motifs is 3. The molecule has 1 N–H and O–H groups in total. The van der Waals surface area contributed by atoms with E-state index in [1.54, 1.807) is 0 Å². The summed E-state index contributed by atoms with van der Waals surface area (Å²) in [5.74, 6) is -2.34. The molecule has 0 bridgehead atoms. The third-order valence-corrected chi connectivity index (χ3v) is 5.19. The lowest BCUT2D eigenvalue weighted by molar-refractivity contribution is 0.0981. The van der Waals surface area contributed by atoms with Gasteiger partial charge in [0.2, 0.25) is 0 Å². The molecule has 9 heteroatoms. The van der Waals surface area contributed by atoms with Crippen LogP contribution >= 0.6 is 0 Å². The summed E-state index contributed by atoms with van der Waals surface area (Å²) < 4.78 is 42.4. The van der Waals surface area contributed by atoms with Gasteiger partial charge in [-0.15, -0.1) is 0 Å². The molecule has 2 atom stereocenters. The molecule has 2 aliphatic carbocycles. The number of nitrogens with zero attached hydrogens (tertiary/aromatic N) is 4. The van der Waals surface area contributed by atoms with Crippen LogP contribution in [0.15, 0.2) is 41.5 Å². The SMILES string of the molecule is O=C(N=c1ccc(F)cn1O)c1nn(-c2ccc(F)cc2F)c2c1C[C@H]1C[C@@H]21. The quantitative estimate of drug-likeness (QED) is 0.689. The lowest BCUT2D eigenvalue weighted by Gasteiger charge is -2.07. The van der Waals surface area contributed by atoms with E-state index >= 15 is 0 Å². The van der Waals surface area contributed by atoms with Gasteiger partial charge in [-0.1, -0.05) is 0 Å². The summed E-state index contributed by atoms with van der Waals surface area (Å²) in [6.07, 6.45) is 2.33. The van der Waals surface area contributed by atoms with Crippen LogP contribution in [0, 0.1) is 23.4 Å². The maximum atomic E-state index is 14.3. The van der Waals surface area contributed by atoms with E-state index in [0.29, 0.717) is 22.6 Å². The summed E-state index contributed by atoms with van der Waals surface area (Å²) in [5, 5.41) is 14.0. The molecule has 0 unspecified atom stereocenters. The van der Waals surface area contributed by atoms with Gasteiger partial charge in [0.1, 0.15) is 17.3 Å². The van der Waals surface area contributed by atoms with E-state index in [2.05, 4.69) is 10.1 Å². The molecular formula is C19H13F3N4O2. The van der Waals surface area contributed by atoms with Crippen LogP contribution in [0.2, 0.25) is 0 Å². The van der Waals surface area contributed by atoms with Gasteiger partial charge in [0, 0.05) is 17.5 Å². The zero-order valence-corrected chi connectivity index (χ0v) is 14.3. The molecule has 1 fully saturated rings. The van der Waals surface area contributed by atoms with Gasteiger partial charge in [-0.3, -0.25) is 4.79 Å². The van der Waals surface area contributed by atoms with Crippen molar-refractivity contribution in [1.29, 1.82) is 0 Å². The lowest BCUT2D eigenvalue weighted by Crippen LogP contribution is -2.20. The summed E-state index contributed by atoms with van der Waals surface area (Å²) in [5.41, 5.74) is 1.37. The number of aromatic nitrogens is 3. The highest BCUT2D eigenvalue weighted by atomic mass is 19.1. The van der Waals surface area contributed by atoms with Crippen LogP contribution in [0.4, 0.5) is 13.2 Å². The second-order valence-corrected chi connectivity index (χ2v) is 6.99. The molecule has 28 heavy (non-hydrogen) atoms. The van der Waals surface area contributed by atoms with Crippen molar-refractivity contribution in [3.05, 3.63) is 76.4 Å². The maximum Gasteiger partial charge on any atom is 0.299 e. The van der Waals surface area contributed by atoms with E-state index in [4.69, 9.17) is 0 Å². The Morgan fingerprint density at radius 1 is 1.18 bits per heavy atom. The van der Waals surface area contributed by atoms with Crippen molar-refractivity contribution in [2.75, 3.05) is 0 Å². The Kier molecular flexibility index (Phi) is 3.49. The van der Waals surface area contributed by atoms with Gasteiger partial charge < -0.3 is 5.21 Å². The van der Waals surface area contributed by atoms with Crippen molar-refractivity contribution >= 4 is 5.91 Å². The molecule has 142 valence electrons. The number of rotatable bonds is 2. The maximum absolute atomic E-state index is 14.3. The summed E-state index contributed by atoms with van der Waals surface area (Å²) in [7, 11) is 0. The summed E-state index contributed by atoms with van der Waals surface area (Å²) in [6.45, 7) is 0. The number of carbonyl (C=O) groups excluding carboxylic acids is 1. The normalized spacial score (nSPS) is 20.2. The average molecular weight is 386 g/mol. The Bertz CT molecular complexity index is 1210. The van der Waals surface area contributed by atoms with E-state index in [0.717, 1.165) is 42.6 Å². The molecule has 1 amide bonds. The number of hydrogen-bond acceptors (Lipinski definition) is 3. The Hall–Kier alpha value is -3.36. The molecule has 1 aromatic carbocycles. The second kappa shape index (κ2) is 5.82. The predicted octanol–water partition coefficient (Wildman–Crippen LogP) is 2.73. The molecule has 0 saturated heterocycles. The van der Waals surface area contributed by atoms with Crippen LogP contribution in [-0.2, 0) is 6.42 Å². The van der Waals surface area contributed by atoms with Gasteiger partial charge in [-0.2, -0.15) is 14.8 Å². The first-order chi connectivity index (χ1) is 13.4. The molecular weight excluding hydrogens is 373 g/mol. The van der Waals surface area contributed by atoms with E-state index in [1.165, 1.54) is 10.7 Å². The molecule has 5 rings (SSSR count). The van der Waals surface area contributed by atoms with Crippen molar-refractivity contribution in [1.82, 2.24) is 14.5 Å². The van der Waals surface area contributed by atoms with Gasteiger partial charge >= 0.3 is 0 Å². The second-order valence-electron chi connectivity index (χ2n) is 6.99. The standard InChI is InChI=1S/C19H13F3N4O2/c20-10-1-3-15(14(22)7-10)26-18-12-5-9(12)6-13(18)17(24-26)19(27)23-16-4-2-11(21)8-25(16)28/h1-4,7-9,12,28H,5-6H2/t9-,12-/m1/s1. The zero-order chi connectivity index (χ0) is 19.6. The third-order valence-electron chi connectivity index (χ3n) is 5.19. The minimum atomic E-state index is -0.780. The minimum absolute atomic E-state index is 0.0512. The largest absolute Gasteiger partial charge is 0.427 e. The van der Waals surface area contributed by atoms with Crippen molar-refractivity contribution in [2.45, 2.75) is 18.8 Å². The smallest absolute Gasteiger partial charge is 0.299 e. The molecule has 1 saturated carbocycles. The topological polar surface area (TPSA) is 72.4 Å². The van der Waals surface area contributed by atoms with E-state index in [9.17, 15) is 23.2 Å². The molecule has 2 aromatic heterocycles. The fourth-order valence-electron chi connectivity index (χ4n) is 3.83. The van der Waals surface area contributed by atoms with Crippen LogP contribution in [0.5, 0.6) is 0 Å². The summed E-state index contributed by atoms with van der Waals surface area (Å²) >= 11 is 0. The first-order valence-electron chi connectivity index (χ1n) is 8.66. The third kappa shape index (κ3) is 2.54. The van der Waals surface area contributed by atoms with Crippen LogP contribution < -0.4 is 5.49 Å². The van der Waals surface area contributed by atoms with Crippen LogP contribution in [-0.4, -0.2) is 25.6 Å². The zero-order valence-electron chi connectivity index (χ0n) is 14.3. The van der Waals surface area contributed by atoms with E-state index < -0.39 is 23.4 Å². The van der Waals surface area contributed by atoms with Crippen LogP contribution in [0.1, 0.15) is 34.1 Å². The molecule has 0 aliphatic heterocycles. The van der Waals surface area contributed by atoms with Gasteiger partial charge in [0.05, 0.1) is 11.9 Å². The number of pyridine rings is 1. The van der Waals surface area contributed by atoms with Crippen molar-refractivity contribution in [3.63, 3.8) is 0 Å². The number of amides is 1. The summed E-state index contributed by atoms with van der Waals surface area (Å²) in [4.78, 5) is 16.5. The first kappa shape index (κ1) is 16.8. The van der Waals surface area contributed by atoms with Crippen molar-refractivity contribution in [3.8, 4) is 5.69 Å². The van der Waals surface area contributed by atoms with E-state index in [1.807, 2.05) is 0 Å². The molecule has 2 heterocycles. The molecule has 6 nitrogen and oxygen atoms in total. The highest BCUT2D eigenvalue weighted by Gasteiger charge is 2.50. The number of carbonyl (C=O) groups is 1. The highest BCUT2D eigenvalue weighted by molar-refractivity contribution is 5.95. The van der Waals surface area contributed by atoms with Gasteiger partial charge in [-0.25, -0.2) is 17.9 Å². The predicted molar refractivity (Wildman–Crippen MR) is 89.5 cm³/mol. The monoisotopic (exact) mass is 386 g/mol. The minimum Gasteiger partial charge on any atom is -0.427 e. The summed E-state index contributed by atoms with van der Waals surface area (Å²) in [6, 6.07) is 5.39. The molecule has 0 spiro atoms. The Balaban J connectivity index is 1.64. The van der Waals surface area contributed by atoms with Crippen molar-refractivity contribution in [2.24, 2.45) is 10.9 Å². The Labute approximate surface area is 156 Å². The van der Waals surface area contributed by atoms with Gasteiger partial charge in [0.25, 0.3) is 5.91 Å². The average Bonchev–Trinajstić information content (AvgIpc) is 3.14.